The molecule has 6 heteroatoms. The predicted molar refractivity (Wildman–Crippen MR) is 81.8 cm³/mol. The zero-order valence-electron chi connectivity index (χ0n) is 11.7. The smallest absolute Gasteiger partial charge is 0.296 e. The highest BCUT2D eigenvalue weighted by Gasteiger charge is 2.08. The second kappa shape index (κ2) is 7.06. The van der Waals surface area contributed by atoms with E-state index in [4.69, 9.17) is 5.14 Å². The third-order valence-corrected chi connectivity index (χ3v) is 4.15. The highest BCUT2D eigenvalue weighted by Crippen LogP contribution is 2.13. The average Bonchev–Trinajstić information content (AvgIpc) is 2.65. The molecule has 0 radical (unpaired) electrons. The van der Waals surface area contributed by atoms with E-state index in [1.807, 2.05) is 12.1 Å². The first-order chi connectivity index (χ1) is 9.53. The van der Waals surface area contributed by atoms with Crippen LogP contribution >= 0.6 is 0 Å². The van der Waals surface area contributed by atoms with Gasteiger partial charge >= 0.3 is 0 Å². The second-order valence-corrected chi connectivity index (χ2v) is 6.64. The van der Waals surface area contributed by atoms with E-state index in [0.29, 0.717) is 5.69 Å². The van der Waals surface area contributed by atoms with Crippen LogP contribution < -0.4 is 9.86 Å². The Morgan fingerprint density at radius 3 is 2.20 bits per heavy atom. The number of nitrogens with one attached hydrogen (secondary N) is 1. The lowest BCUT2D eigenvalue weighted by molar-refractivity contribution is 0.289. The van der Waals surface area contributed by atoms with Gasteiger partial charge in [-0.05, 0) is 50.0 Å². The Morgan fingerprint density at radius 1 is 1.05 bits per heavy atom. The number of hydrogen-bond acceptors (Lipinski definition) is 3. The van der Waals surface area contributed by atoms with Crippen LogP contribution in [0.5, 0.6) is 0 Å². The van der Waals surface area contributed by atoms with E-state index < -0.39 is 10.2 Å². The van der Waals surface area contributed by atoms with Crippen molar-refractivity contribution in [3.63, 3.8) is 0 Å². The largest absolute Gasteiger partial charge is 0.303 e. The first-order valence-corrected chi connectivity index (χ1v) is 8.69. The number of rotatable bonds is 5. The van der Waals surface area contributed by atoms with Crippen LogP contribution in [0.25, 0.3) is 0 Å². The third kappa shape index (κ3) is 5.48. The standard InChI is InChI=1S/C14H23N3O2S/c15-20(18,19)16-14-7-5-13(6-8-14)9-12-17-10-3-1-2-4-11-17/h5-8,16H,1-4,9-12H2,(H2,15,18,19). The van der Waals surface area contributed by atoms with Gasteiger partial charge in [0.25, 0.3) is 10.2 Å². The molecule has 1 aromatic carbocycles. The SMILES string of the molecule is NS(=O)(=O)Nc1ccc(CCN2CCCCCC2)cc1. The highest BCUT2D eigenvalue weighted by atomic mass is 32.2. The van der Waals surface area contributed by atoms with Gasteiger partial charge in [0.1, 0.15) is 0 Å². The Balaban J connectivity index is 1.84. The average molecular weight is 297 g/mol. The molecule has 112 valence electrons. The Labute approximate surface area is 121 Å². The highest BCUT2D eigenvalue weighted by molar-refractivity contribution is 7.90. The Morgan fingerprint density at radius 2 is 1.65 bits per heavy atom. The Hall–Kier alpha value is -1.11. The zero-order chi connectivity index (χ0) is 14.4. The number of nitrogens with two attached hydrogens (primary N) is 1. The molecule has 1 fully saturated rings. The van der Waals surface area contributed by atoms with E-state index in [0.717, 1.165) is 13.0 Å². The topological polar surface area (TPSA) is 75.4 Å². The summed E-state index contributed by atoms with van der Waals surface area (Å²) in [5, 5.41) is 4.93. The molecule has 0 spiro atoms. The number of anilines is 1. The Kier molecular flexibility index (Phi) is 5.39. The van der Waals surface area contributed by atoms with Crippen molar-refractivity contribution in [1.29, 1.82) is 0 Å². The van der Waals surface area contributed by atoms with Crippen LogP contribution in [0, 0.1) is 0 Å². The minimum Gasteiger partial charge on any atom is -0.303 e. The van der Waals surface area contributed by atoms with E-state index >= 15 is 0 Å². The molecule has 0 saturated carbocycles. The number of likely N-dealkylation sites (tertiary alicyclic amines) is 1. The number of benzene rings is 1. The number of nitrogens with zero attached hydrogens (tertiary/aromatic N) is 1. The molecule has 0 unspecified atom stereocenters. The first kappa shape index (κ1) is 15.3. The summed E-state index contributed by atoms with van der Waals surface area (Å²) in [6.07, 6.45) is 6.30. The van der Waals surface area contributed by atoms with Gasteiger partial charge in [-0.2, -0.15) is 8.42 Å². The van der Waals surface area contributed by atoms with Crippen molar-refractivity contribution in [3.8, 4) is 0 Å². The van der Waals surface area contributed by atoms with Gasteiger partial charge in [0, 0.05) is 12.2 Å². The van der Waals surface area contributed by atoms with Crippen LogP contribution in [0.3, 0.4) is 0 Å². The maximum absolute atomic E-state index is 10.9. The third-order valence-electron chi connectivity index (χ3n) is 3.63. The summed E-state index contributed by atoms with van der Waals surface area (Å²) < 4.78 is 24.1. The summed E-state index contributed by atoms with van der Waals surface area (Å²) in [4.78, 5) is 2.52. The van der Waals surface area contributed by atoms with Gasteiger partial charge in [-0.25, -0.2) is 5.14 Å². The summed E-state index contributed by atoms with van der Waals surface area (Å²) in [6.45, 7) is 3.47. The van der Waals surface area contributed by atoms with Crippen molar-refractivity contribution in [2.75, 3.05) is 24.4 Å². The van der Waals surface area contributed by atoms with Crippen LogP contribution in [-0.2, 0) is 16.6 Å². The van der Waals surface area contributed by atoms with E-state index in [1.54, 1.807) is 12.1 Å². The van der Waals surface area contributed by atoms with Crippen LogP contribution in [0.1, 0.15) is 31.2 Å². The molecule has 1 aliphatic rings. The summed E-state index contributed by atoms with van der Waals surface area (Å²) in [5.41, 5.74) is 1.72. The number of hydrogen-bond donors (Lipinski definition) is 2. The van der Waals surface area contributed by atoms with E-state index in [2.05, 4.69) is 9.62 Å². The first-order valence-electron chi connectivity index (χ1n) is 7.15. The van der Waals surface area contributed by atoms with Crippen LogP contribution in [-0.4, -0.2) is 33.0 Å². The molecule has 2 rings (SSSR count). The van der Waals surface area contributed by atoms with Crippen molar-refractivity contribution < 1.29 is 8.42 Å². The van der Waals surface area contributed by atoms with Gasteiger partial charge in [-0.1, -0.05) is 25.0 Å². The fourth-order valence-corrected chi connectivity index (χ4v) is 3.02. The predicted octanol–water partition coefficient (Wildman–Crippen LogP) is 1.72. The van der Waals surface area contributed by atoms with Crippen molar-refractivity contribution in [3.05, 3.63) is 29.8 Å². The molecular weight excluding hydrogens is 274 g/mol. The van der Waals surface area contributed by atoms with Crippen molar-refractivity contribution in [1.82, 2.24) is 4.90 Å². The molecule has 20 heavy (non-hydrogen) atoms. The van der Waals surface area contributed by atoms with Gasteiger partial charge in [0.2, 0.25) is 0 Å². The summed E-state index contributed by atoms with van der Waals surface area (Å²) in [6, 6.07) is 7.40. The van der Waals surface area contributed by atoms with Crippen LogP contribution in [0.2, 0.25) is 0 Å². The molecule has 0 aromatic heterocycles. The minimum atomic E-state index is -3.68. The molecule has 0 amide bonds. The molecule has 0 bridgehead atoms. The molecule has 1 saturated heterocycles. The lowest BCUT2D eigenvalue weighted by atomic mass is 10.1. The van der Waals surface area contributed by atoms with E-state index in [9.17, 15) is 8.42 Å². The van der Waals surface area contributed by atoms with Gasteiger partial charge in [-0.3, -0.25) is 4.72 Å². The normalized spacial score (nSPS) is 17.6. The molecule has 5 nitrogen and oxygen atoms in total. The van der Waals surface area contributed by atoms with Crippen molar-refractivity contribution in [2.45, 2.75) is 32.1 Å². The van der Waals surface area contributed by atoms with Gasteiger partial charge in [-0.15, -0.1) is 0 Å². The summed E-state index contributed by atoms with van der Waals surface area (Å²) in [5.74, 6) is 0. The van der Waals surface area contributed by atoms with Gasteiger partial charge in [0.15, 0.2) is 0 Å². The molecule has 1 heterocycles. The minimum absolute atomic E-state index is 0.506. The molecule has 1 aliphatic heterocycles. The zero-order valence-corrected chi connectivity index (χ0v) is 12.5. The lowest BCUT2D eigenvalue weighted by Gasteiger charge is -2.19. The van der Waals surface area contributed by atoms with Gasteiger partial charge < -0.3 is 4.90 Å². The quantitative estimate of drug-likeness (QED) is 0.869. The van der Waals surface area contributed by atoms with Crippen molar-refractivity contribution >= 4 is 15.9 Å². The molecule has 0 atom stereocenters. The van der Waals surface area contributed by atoms with Crippen LogP contribution in [0.15, 0.2) is 24.3 Å². The summed E-state index contributed by atoms with van der Waals surface area (Å²) >= 11 is 0. The van der Waals surface area contributed by atoms with Gasteiger partial charge in [0.05, 0.1) is 0 Å². The lowest BCUT2D eigenvalue weighted by Crippen LogP contribution is -2.27. The van der Waals surface area contributed by atoms with Crippen LogP contribution in [0.4, 0.5) is 5.69 Å². The molecule has 0 aliphatic carbocycles. The molecule has 3 N–H and O–H groups in total. The van der Waals surface area contributed by atoms with E-state index in [-0.39, 0.29) is 0 Å². The fraction of sp³-hybridized carbons (Fsp3) is 0.571. The molecule has 1 aromatic rings. The second-order valence-electron chi connectivity index (χ2n) is 5.35. The van der Waals surface area contributed by atoms with E-state index in [1.165, 1.54) is 44.3 Å². The summed E-state index contributed by atoms with van der Waals surface area (Å²) in [7, 11) is -3.68. The maximum Gasteiger partial charge on any atom is 0.296 e. The Bertz CT molecular complexity index is 506. The molecular formula is C14H23N3O2S. The van der Waals surface area contributed by atoms with Crippen molar-refractivity contribution in [2.24, 2.45) is 5.14 Å². The monoisotopic (exact) mass is 297 g/mol. The fourth-order valence-electron chi connectivity index (χ4n) is 2.55. The maximum atomic E-state index is 10.9.